The van der Waals surface area contributed by atoms with Gasteiger partial charge in [-0.3, -0.25) is 4.79 Å². The lowest BCUT2D eigenvalue weighted by Gasteiger charge is -2.23. The molecule has 0 N–H and O–H groups in total. The molecule has 0 radical (unpaired) electrons. The van der Waals surface area contributed by atoms with Gasteiger partial charge in [-0.25, -0.2) is 0 Å². The van der Waals surface area contributed by atoms with Crippen LogP contribution in [0.3, 0.4) is 0 Å². The van der Waals surface area contributed by atoms with Gasteiger partial charge in [0.2, 0.25) is 0 Å². The van der Waals surface area contributed by atoms with Crippen LogP contribution in [0.5, 0.6) is 0 Å². The lowest BCUT2D eigenvalue weighted by atomic mass is 9.80. The minimum Gasteiger partial charge on any atom is -0.299 e. The van der Waals surface area contributed by atoms with Gasteiger partial charge in [0.15, 0.2) is 0 Å². The molecule has 1 aliphatic rings. The van der Waals surface area contributed by atoms with Crippen LogP contribution in [0.1, 0.15) is 33.6 Å². The molecule has 0 aliphatic heterocycles. The van der Waals surface area contributed by atoms with Gasteiger partial charge >= 0.3 is 0 Å². The Morgan fingerprint density at radius 2 is 1.69 bits per heavy atom. The predicted octanol–water partition coefficient (Wildman–Crippen LogP) is 4.24. The summed E-state index contributed by atoms with van der Waals surface area (Å²) in [5, 5.41) is 0. The molecule has 1 atom stereocenters. The van der Waals surface area contributed by atoms with Crippen molar-refractivity contribution in [3.05, 3.63) is 48.6 Å². The minimum absolute atomic E-state index is 0.00736. The molecule has 1 fully saturated rings. The fourth-order valence-corrected chi connectivity index (χ4v) is 1.77. The van der Waals surface area contributed by atoms with Crippen molar-refractivity contribution in [2.75, 3.05) is 0 Å². The molecule has 0 bridgehead atoms. The van der Waals surface area contributed by atoms with E-state index in [0.29, 0.717) is 12.2 Å². The van der Waals surface area contributed by atoms with Crippen LogP contribution in [0.4, 0.5) is 0 Å². The summed E-state index contributed by atoms with van der Waals surface area (Å²) < 4.78 is 0. The Morgan fingerprint density at radius 3 is 2.19 bits per heavy atom. The van der Waals surface area contributed by atoms with Crippen LogP contribution < -0.4 is 0 Å². The number of carbonyl (C=O) groups excluding carboxylic acids is 1. The van der Waals surface area contributed by atoms with E-state index < -0.39 is 0 Å². The molecule has 0 aromatic heterocycles. The molecule has 16 heavy (non-hydrogen) atoms. The average Bonchev–Trinajstić information content (AvgIpc) is 2.31. The lowest BCUT2D eigenvalue weighted by molar-refractivity contribution is -0.121. The summed E-state index contributed by atoms with van der Waals surface area (Å²) in [5.41, 5.74) is 2.31. The summed E-state index contributed by atoms with van der Waals surface area (Å²) in [6.45, 7) is 13.3. The number of carbonyl (C=O) groups is 1. The van der Waals surface area contributed by atoms with Gasteiger partial charge in [0.05, 0.1) is 0 Å². The Bertz CT molecular complexity index is 318. The topological polar surface area (TPSA) is 17.1 Å². The van der Waals surface area contributed by atoms with Gasteiger partial charge in [0.1, 0.15) is 5.78 Å². The molecule has 0 heterocycles. The highest BCUT2D eigenvalue weighted by molar-refractivity contribution is 5.86. The normalized spacial score (nSPS) is 24.9. The smallest absolute Gasteiger partial charge is 0.140 e. The highest BCUT2D eigenvalue weighted by Gasteiger charge is 2.24. The molecular weight excluding hydrogens is 196 g/mol. The fraction of sp³-hybridized carbons (Fsp3) is 0.400. The largest absolute Gasteiger partial charge is 0.299 e. The zero-order valence-electron chi connectivity index (χ0n) is 10.6. The van der Waals surface area contributed by atoms with Gasteiger partial charge in [-0.05, 0) is 17.6 Å². The quantitative estimate of drug-likeness (QED) is 0.677. The third-order valence-corrected chi connectivity index (χ3v) is 2.58. The fourth-order valence-electron chi connectivity index (χ4n) is 1.77. The summed E-state index contributed by atoms with van der Waals surface area (Å²) in [6, 6.07) is 0. The second-order valence-electron chi connectivity index (χ2n) is 3.47. The van der Waals surface area contributed by atoms with Gasteiger partial charge in [-0.15, -0.1) is 0 Å². The summed E-state index contributed by atoms with van der Waals surface area (Å²) in [4.78, 5) is 11.5. The van der Waals surface area contributed by atoms with Crippen LogP contribution in [-0.4, -0.2) is 5.78 Å². The summed E-state index contributed by atoms with van der Waals surface area (Å²) in [5.74, 6) is 0.326. The number of ketones is 1. The number of allylic oxidation sites excluding steroid dienone is 6. The van der Waals surface area contributed by atoms with E-state index in [1.54, 1.807) is 12.2 Å². The van der Waals surface area contributed by atoms with Crippen LogP contribution in [0.25, 0.3) is 0 Å². The van der Waals surface area contributed by atoms with Crippen molar-refractivity contribution < 1.29 is 4.79 Å². The van der Waals surface area contributed by atoms with Crippen molar-refractivity contribution in [1.29, 1.82) is 0 Å². The van der Waals surface area contributed by atoms with Crippen LogP contribution in [-0.2, 0) is 4.79 Å². The predicted molar refractivity (Wildman–Crippen MR) is 71.3 cm³/mol. The molecule has 0 aromatic rings. The first-order valence-corrected chi connectivity index (χ1v) is 5.88. The van der Waals surface area contributed by atoms with Crippen molar-refractivity contribution in [1.82, 2.24) is 0 Å². The van der Waals surface area contributed by atoms with Crippen LogP contribution in [0, 0.1) is 5.92 Å². The summed E-state index contributed by atoms with van der Waals surface area (Å²) >= 11 is 0. The molecule has 1 unspecified atom stereocenters. The zero-order valence-corrected chi connectivity index (χ0v) is 10.6. The standard InChI is InChI=1S/C13H16O.C2H6/c1-4-6-11-8-9-13(14)10(3)12(11)7-5-2;1-2/h4-7,10H,1-2,8-9H2,3H3;1-2H3/b11-6-,12-7-;. The first-order chi connectivity index (χ1) is 7.70. The number of rotatable bonds is 2. The average molecular weight is 218 g/mol. The maximum absolute atomic E-state index is 11.5. The van der Waals surface area contributed by atoms with Crippen molar-refractivity contribution in [3.63, 3.8) is 0 Å². The van der Waals surface area contributed by atoms with Crippen molar-refractivity contribution in [2.45, 2.75) is 33.6 Å². The molecule has 88 valence electrons. The van der Waals surface area contributed by atoms with Gasteiger partial charge in [0.25, 0.3) is 0 Å². The molecule has 0 spiro atoms. The third-order valence-electron chi connectivity index (χ3n) is 2.58. The van der Waals surface area contributed by atoms with Gasteiger partial charge in [-0.1, -0.05) is 58.2 Å². The van der Waals surface area contributed by atoms with E-state index in [4.69, 9.17) is 0 Å². The second-order valence-corrected chi connectivity index (χ2v) is 3.47. The molecule has 1 nitrogen and oxygen atoms in total. The van der Waals surface area contributed by atoms with Gasteiger partial charge in [0, 0.05) is 12.3 Å². The van der Waals surface area contributed by atoms with Crippen molar-refractivity contribution in [3.8, 4) is 0 Å². The Hall–Kier alpha value is -1.37. The van der Waals surface area contributed by atoms with Crippen LogP contribution >= 0.6 is 0 Å². The monoisotopic (exact) mass is 218 g/mol. The molecule has 1 heteroatoms. The minimum atomic E-state index is 0.00736. The highest BCUT2D eigenvalue weighted by Crippen LogP contribution is 2.31. The Morgan fingerprint density at radius 1 is 1.12 bits per heavy atom. The van der Waals surface area contributed by atoms with E-state index >= 15 is 0 Å². The molecule has 0 saturated heterocycles. The molecule has 0 amide bonds. The zero-order chi connectivity index (χ0) is 12.6. The SMILES string of the molecule is C=C/C=C1/CCC(=O)C(C)/C1=C/C=C.CC. The Kier molecular flexibility index (Phi) is 7.19. The summed E-state index contributed by atoms with van der Waals surface area (Å²) in [6.07, 6.45) is 8.90. The van der Waals surface area contributed by atoms with E-state index in [-0.39, 0.29) is 5.92 Å². The molecule has 1 rings (SSSR count). The van der Waals surface area contributed by atoms with Gasteiger partial charge < -0.3 is 0 Å². The highest BCUT2D eigenvalue weighted by atomic mass is 16.1. The van der Waals surface area contributed by atoms with E-state index in [2.05, 4.69) is 13.2 Å². The lowest BCUT2D eigenvalue weighted by Crippen LogP contribution is -2.20. The number of hydrogen-bond acceptors (Lipinski definition) is 1. The molecule has 1 saturated carbocycles. The van der Waals surface area contributed by atoms with Crippen molar-refractivity contribution >= 4 is 5.78 Å². The second kappa shape index (κ2) is 7.86. The maximum Gasteiger partial charge on any atom is 0.140 e. The molecule has 0 aromatic carbocycles. The van der Waals surface area contributed by atoms with Gasteiger partial charge in [-0.2, -0.15) is 0 Å². The van der Waals surface area contributed by atoms with Crippen LogP contribution in [0.2, 0.25) is 0 Å². The first-order valence-electron chi connectivity index (χ1n) is 5.88. The Labute approximate surface area is 99.3 Å². The number of hydrogen-bond donors (Lipinski definition) is 0. The maximum atomic E-state index is 11.5. The number of Topliss-reactive ketones (excluding diaryl/α,β-unsaturated/α-hetero) is 1. The molecule has 1 aliphatic carbocycles. The van der Waals surface area contributed by atoms with E-state index in [9.17, 15) is 4.79 Å². The van der Waals surface area contributed by atoms with Crippen LogP contribution in [0.15, 0.2) is 48.6 Å². The third kappa shape index (κ3) is 3.65. The first kappa shape index (κ1) is 14.6. The summed E-state index contributed by atoms with van der Waals surface area (Å²) in [7, 11) is 0. The van der Waals surface area contributed by atoms with E-state index in [1.165, 1.54) is 5.57 Å². The van der Waals surface area contributed by atoms with E-state index in [1.807, 2.05) is 32.9 Å². The van der Waals surface area contributed by atoms with Crippen molar-refractivity contribution in [2.24, 2.45) is 5.92 Å². The molecular formula is C15H22O. The van der Waals surface area contributed by atoms with E-state index in [0.717, 1.165) is 12.0 Å². The Balaban J connectivity index is 0.00000106.